The minimum atomic E-state index is -1.18. The summed E-state index contributed by atoms with van der Waals surface area (Å²) in [5, 5.41) is 30.9. The standard InChI is InChI=1S/C16H21N3O5S/c1-4-5-23-14-10-8(2)6-19(13(10)17-16(18-14)25-3)15-12(22)11(21)9(7-20)24-15/h4,6,9,11-12,15,20-22H,1,5,7H2,2-3H3/t9?,11-,12-,15+/m1/s1. The second kappa shape index (κ2) is 7.30. The van der Waals surface area contributed by atoms with Crippen LogP contribution in [0.1, 0.15) is 11.8 Å². The summed E-state index contributed by atoms with van der Waals surface area (Å²) in [5.41, 5.74) is 1.38. The van der Waals surface area contributed by atoms with Gasteiger partial charge in [-0.05, 0) is 18.7 Å². The van der Waals surface area contributed by atoms with Gasteiger partial charge in [-0.2, -0.15) is 4.98 Å². The Bertz CT molecular complexity index is 781. The van der Waals surface area contributed by atoms with Crippen LogP contribution in [0.25, 0.3) is 11.0 Å². The summed E-state index contributed by atoms with van der Waals surface area (Å²) in [5.74, 6) is 0.428. The smallest absolute Gasteiger partial charge is 0.227 e. The van der Waals surface area contributed by atoms with E-state index in [0.29, 0.717) is 28.7 Å². The lowest BCUT2D eigenvalue weighted by Gasteiger charge is -2.17. The van der Waals surface area contributed by atoms with Crippen LogP contribution in [-0.2, 0) is 4.74 Å². The van der Waals surface area contributed by atoms with E-state index in [9.17, 15) is 15.3 Å². The Morgan fingerprint density at radius 1 is 1.40 bits per heavy atom. The van der Waals surface area contributed by atoms with Crippen LogP contribution in [0.2, 0.25) is 0 Å². The molecule has 1 aliphatic rings. The number of aliphatic hydroxyl groups excluding tert-OH is 3. The Kier molecular flexibility index (Phi) is 5.30. The van der Waals surface area contributed by atoms with Crippen molar-refractivity contribution in [2.75, 3.05) is 19.5 Å². The number of rotatable bonds is 6. The van der Waals surface area contributed by atoms with Crippen molar-refractivity contribution in [3.8, 4) is 5.88 Å². The first-order chi connectivity index (χ1) is 12.0. The molecule has 0 aliphatic carbocycles. The molecule has 3 rings (SSSR count). The van der Waals surface area contributed by atoms with Crippen molar-refractivity contribution in [2.24, 2.45) is 0 Å². The third kappa shape index (κ3) is 3.13. The van der Waals surface area contributed by atoms with Gasteiger partial charge in [-0.3, -0.25) is 0 Å². The number of aliphatic hydroxyl groups is 3. The van der Waals surface area contributed by atoms with Crippen molar-refractivity contribution >= 4 is 22.8 Å². The summed E-state index contributed by atoms with van der Waals surface area (Å²) >= 11 is 1.36. The van der Waals surface area contributed by atoms with E-state index in [1.165, 1.54) is 11.8 Å². The third-order valence-electron chi connectivity index (χ3n) is 4.12. The number of aryl methyl sites for hydroxylation is 1. The molecule has 2 aromatic heterocycles. The highest BCUT2D eigenvalue weighted by molar-refractivity contribution is 7.98. The quantitative estimate of drug-likeness (QED) is 0.388. The Balaban J connectivity index is 2.12. The summed E-state index contributed by atoms with van der Waals surface area (Å²) in [6.07, 6.45) is 1.18. The van der Waals surface area contributed by atoms with Gasteiger partial charge in [0.25, 0.3) is 0 Å². The molecular formula is C16H21N3O5S. The Morgan fingerprint density at radius 3 is 2.76 bits per heavy atom. The fourth-order valence-electron chi connectivity index (χ4n) is 2.91. The average molecular weight is 367 g/mol. The van der Waals surface area contributed by atoms with Crippen molar-refractivity contribution in [3.63, 3.8) is 0 Å². The van der Waals surface area contributed by atoms with Crippen LogP contribution in [0, 0.1) is 6.92 Å². The molecule has 25 heavy (non-hydrogen) atoms. The molecule has 8 nitrogen and oxygen atoms in total. The first-order valence-corrected chi connectivity index (χ1v) is 9.03. The number of thioether (sulfide) groups is 1. The van der Waals surface area contributed by atoms with Crippen molar-refractivity contribution in [2.45, 2.75) is 36.6 Å². The van der Waals surface area contributed by atoms with Crippen molar-refractivity contribution in [3.05, 3.63) is 24.4 Å². The molecule has 0 aromatic carbocycles. The van der Waals surface area contributed by atoms with Gasteiger partial charge < -0.3 is 29.4 Å². The first kappa shape index (κ1) is 18.2. The monoisotopic (exact) mass is 367 g/mol. The van der Waals surface area contributed by atoms with Gasteiger partial charge in [-0.15, -0.1) is 0 Å². The van der Waals surface area contributed by atoms with E-state index in [0.717, 1.165) is 5.56 Å². The molecule has 136 valence electrons. The zero-order valence-corrected chi connectivity index (χ0v) is 14.8. The van der Waals surface area contributed by atoms with Gasteiger partial charge in [-0.25, -0.2) is 4.98 Å². The summed E-state index contributed by atoms with van der Waals surface area (Å²) in [4.78, 5) is 8.91. The highest BCUT2D eigenvalue weighted by atomic mass is 32.2. The maximum atomic E-state index is 10.3. The van der Waals surface area contributed by atoms with Crippen LogP contribution >= 0.6 is 11.8 Å². The zero-order chi connectivity index (χ0) is 18.1. The number of nitrogens with zero attached hydrogens (tertiary/aromatic N) is 3. The number of fused-ring (bicyclic) bond motifs is 1. The molecule has 0 radical (unpaired) electrons. The normalized spacial score (nSPS) is 26.3. The Hall–Kier alpha value is -1.65. The van der Waals surface area contributed by atoms with Crippen LogP contribution in [-0.4, -0.2) is 67.6 Å². The molecule has 2 aromatic rings. The van der Waals surface area contributed by atoms with E-state index in [2.05, 4.69) is 16.5 Å². The lowest BCUT2D eigenvalue weighted by atomic mass is 10.1. The van der Waals surface area contributed by atoms with Gasteiger partial charge in [0.2, 0.25) is 5.88 Å². The van der Waals surface area contributed by atoms with Gasteiger partial charge in [0.1, 0.15) is 24.9 Å². The lowest BCUT2D eigenvalue weighted by Crippen LogP contribution is -2.33. The van der Waals surface area contributed by atoms with E-state index >= 15 is 0 Å². The van der Waals surface area contributed by atoms with Gasteiger partial charge in [0, 0.05) is 6.20 Å². The van der Waals surface area contributed by atoms with Crippen LogP contribution in [0.3, 0.4) is 0 Å². The molecule has 1 unspecified atom stereocenters. The molecule has 1 fully saturated rings. The van der Waals surface area contributed by atoms with Crippen molar-refractivity contribution in [1.82, 2.24) is 14.5 Å². The van der Waals surface area contributed by atoms with Crippen molar-refractivity contribution < 1.29 is 24.8 Å². The molecule has 0 spiro atoms. The number of hydrogen-bond acceptors (Lipinski definition) is 8. The molecule has 3 heterocycles. The molecule has 0 bridgehead atoms. The molecule has 1 aliphatic heterocycles. The summed E-state index contributed by atoms with van der Waals surface area (Å²) in [7, 11) is 0. The second-order valence-electron chi connectivity index (χ2n) is 5.76. The number of ether oxygens (including phenoxy) is 2. The van der Waals surface area contributed by atoms with Gasteiger partial charge in [-0.1, -0.05) is 24.4 Å². The van der Waals surface area contributed by atoms with Crippen LogP contribution < -0.4 is 4.74 Å². The Morgan fingerprint density at radius 2 is 2.16 bits per heavy atom. The topological polar surface area (TPSA) is 110 Å². The summed E-state index contributed by atoms with van der Waals surface area (Å²) in [6, 6.07) is 0. The SMILES string of the molecule is C=CCOc1nc(SC)nc2c1c(C)cn2[C@H]1OC(CO)[C@@H](O)[C@H]1O. The minimum absolute atomic E-state index is 0.304. The van der Waals surface area contributed by atoms with Crippen LogP contribution in [0.5, 0.6) is 5.88 Å². The van der Waals surface area contributed by atoms with Crippen LogP contribution in [0.15, 0.2) is 24.0 Å². The highest BCUT2D eigenvalue weighted by Gasteiger charge is 2.44. The van der Waals surface area contributed by atoms with E-state index in [-0.39, 0.29) is 6.61 Å². The highest BCUT2D eigenvalue weighted by Crippen LogP contribution is 2.36. The lowest BCUT2D eigenvalue weighted by molar-refractivity contribution is -0.0509. The third-order valence-corrected chi connectivity index (χ3v) is 4.67. The molecule has 4 atom stereocenters. The fourth-order valence-corrected chi connectivity index (χ4v) is 3.27. The molecule has 3 N–H and O–H groups in total. The van der Waals surface area contributed by atoms with E-state index in [4.69, 9.17) is 9.47 Å². The summed E-state index contributed by atoms with van der Waals surface area (Å²) in [6.45, 7) is 5.44. The van der Waals surface area contributed by atoms with E-state index in [1.54, 1.807) is 16.8 Å². The van der Waals surface area contributed by atoms with E-state index < -0.39 is 24.5 Å². The fraction of sp³-hybridized carbons (Fsp3) is 0.500. The van der Waals surface area contributed by atoms with Gasteiger partial charge in [0.05, 0.1) is 12.0 Å². The molecule has 0 saturated carbocycles. The van der Waals surface area contributed by atoms with Crippen molar-refractivity contribution in [1.29, 1.82) is 0 Å². The summed E-state index contributed by atoms with van der Waals surface area (Å²) < 4.78 is 12.9. The van der Waals surface area contributed by atoms with Gasteiger partial charge >= 0.3 is 0 Å². The maximum Gasteiger partial charge on any atom is 0.227 e. The Labute approximate surface area is 149 Å². The van der Waals surface area contributed by atoms with Crippen LogP contribution in [0.4, 0.5) is 0 Å². The minimum Gasteiger partial charge on any atom is -0.473 e. The predicted molar refractivity (Wildman–Crippen MR) is 92.7 cm³/mol. The predicted octanol–water partition coefficient (Wildman–Crippen LogP) is 0.638. The average Bonchev–Trinajstić information content (AvgIpc) is 3.10. The molecule has 9 heteroatoms. The number of aromatic nitrogens is 3. The first-order valence-electron chi connectivity index (χ1n) is 7.81. The maximum absolute atomic E-state index is 10.3. The van der Waals surface area contributed by atoms with E-state index in [1.807, 2.05) is 13.2 Å². The van der Waals surface area contributed by atoms with Gasteiger partial charge in [0.15, 0.2) is 17.0 Å². The second-order valence-corrected chi connectivity index (χ2v) is 6.54. The number of hydrogen-bond donors (Lipinski definition) is 3. The largest absolute Gasteiger partial charge is 0.473 e. The molecule has 1 saturated heterocycles. The molecule has 0 amide bonds. The molecular weight excluding hydrogens is 346 g/mol. The zero-order valence-electron chi connectivity index (χ0n) is 14.0.